The van der Waals surface area contributed by atoms with Crippen molar-refractivity contribution in [2.75, 3.05) is 50.7 Å². The molecule has 0 unspecified atom stereocenters. The van der Waals surface area contributed by atoms with Crippen molar-refractivity contribution in [2.45, 2.75) is 31.7 Å². The van der Waals surface area contributed by atoms with Crippen molar-refractivity contribution in [3.8, 4) is 0 Å². The number of hydrogen-bond donors (Lipinski definition) is 2. The number of carbonyl (C=O) groups is 1. The van der Waals surface area contributed by atoms with Crippen molar-refractivity contribution in [1.82, 2.24) is 19.9 Å². The largest absolute Gasteiger partial charge is 0.352 e. The van der Waals surface area contributed by atoms with Gasteiger partial charge in [-0.2, -0.15) is 4.37 Å². The van der Waals surface area contributed by atoms with Gasteiger partial charge in [-0.25, -0.2) is 0 Å². The fourth-order valence-corrected chi connectivity index (χ4v) is 6.05. The van der Waals surface area contributed by atoms with Crippen LogP contribution in [0.25, 0.3) is 10.1 Å². The second-order valence-corrected chi connectivity index (χ2v) is 9.60. The molecule has 31 heavy (non-hydrogen) atoms. The van der Waals surface area contributed by atoms with Crippen LogP contribution in [-0.2, 0) is 4.79 Å². The second kappa shape index (κ2) is 11.1. The van der Waals surface area contributed by atoms with Crippen LogP contribution in [0.15, 0.2) is 24.3 Å². The number of piperidine rings is 2. The summed E-state index contributed by atoms with van der Waals surface area (Å²) in [6.45, 7) is 6.79. The third kappa shape index (κ3) is 5.45. The molecule has 0 spiro atoms. The maximum atomic E-state index is 12.7. The zero-order chi connectivity index (χ0) is 19.6. The van der Waals surface area contributed by atoms with Gasteiger partial charge in [-0.05, 0) is 74.4 Å². The smallest absolute Gasteiger partial charge is 0.222 e. The van der Waals surface area contributed by atoms with Crippen molar-refractivity contribution in [1.29, 1.82) is 0 Å². The Morgan fingerprint density at radius 1 is 1.10 bits per heavy atom. The first kappa shape index (κ1) is 24.5. The Labute approximate surface area is 201 Å². The molecule has 6 nitrogen and oxygen atoms in total. The summed E-state index contributed by atoms with van der Waals surface area (Å²) in [6, 6.07) is 9.00. The number of halogens is 2. The van der Waals surface area contributed by atoms with Crippen LogP contribution in [0, 0.1) is 11.8 Å². The van der Waals surface area contributed by atoms with E-state index in [2.05, 4.69) is 49.1 Å². The lowest BCUT2D eigenvalue weighted by atomic mass is 9.80. The van der Waals surface area contributed by atoms with E-state index < -0.39 is 0 Å². The maximum absolute atomic E-state index is 12.7. The van der Waals surface area contributed by atoms with E-state index in [-0.39, 0.29) is 24.8 Å². The van der Waals surface area contributed by atoms with E-state index in [1.165, 1.54) is 16.5 Å². The van der Waals surface area contributed by atoms with Crippen LogP contribution in [0.2, 0.25) is 0 Å². The number of nitrogens with zero attached hydrogens (tertiary/aromatic N) is 3. The van der Waals surface area contributed by atoms with Gasteiger partial charge in [0.1, 0.15) is 5.82 Å². The molecule has 3 atom stereocenters. The van der Waals surface area contributed by atoms with Crippen LogP contribution in [0.5, 0.6) is 0 Å². The Bertz CT molecular complexity index is 857. The Morgan fingerprint density at radius 2 is 1.90 bits per heavy atom. The first-order valence-electron chi connectivity index (χ1n) is 11.1. The number of piperazine rings is 1. The molecule has 3 fully saturated rings. The summed E-state index contributed by atoms with van der Waals surface area (Å²) in [5.41, 5.74) is 0. The molecular weight excluding hydrogens is 453 g/mol. The molecule has 2 N–H and O–H groups in total. The monoisotopic (exact) mass is 485 g/mol. The third-order valence-corrected chi connectivity index (χ3v) is 7.73. The molecule has 0 saturated carbocycles. The van der Waals surface area contributed by atoms with Crippen LogP contribution in [-0.4, -0.2) is 67.0 Å². The lowest BCUT2D eigenvalue weighted by Gasteiger charge is -2.41. The van der Waals surface area contributed by atoms with Gasteiger partial charge in [-0.3, -0.25) is 4.79 Å². The molecule has 3 saturated heterocycles. The average molecular weight is 487 g/mol. The lowest BCUT2D eigenvalue weighted by molar-refractivity contribution is -0.131. The molecule has 9 heteroatoms. The molecule has 5 rings (SSSR count). The van der Waals surface area contributed by atoms with Crippen molar-refractivity contribution < 1.29 is 4.79 Å². The summed E-state index contributed by atoms with van der Waals surface area (Å²) in [6.07, 6.45) is 4.15. The zero-order valence-electron chi connectivity index (χ0n) is 17.8. The first-order chi connectivity index (χ1) is 14.3. The summed E-state index contributed by atoms with van der Waals surface area (Å²) >= 11 is 1.56. The van der Waals surface area contributed by atoms with Gasteiger partial charge in [-0.15, -0.1) is 24.8 Å². The SMILES string of the molecule is Cl.Cl.O=C(CCC[C@@H]1NC[C@@H]2CNC[C@H]1C2)N1CCN(c2nsc3ccccc23)CC1. The van der Waals surface area contributed by atoms with E-state index in [0.29, 0.717) is 18.4 Å². The van der Waals surface area contributed by atoms with E-state index in [0.717, 1.165) is 76.3 Å². The first-order valence-corrected chi connectivity index (χ1v) is 11.9. The van der Waals surface area contributed by atoms with E-state index in [4.69, 9.17) is 0 Å². The second-order valence-electron chi connectivity index (χ2n) is 8.80. The number of hydrogen-bond acceptors (Lipinski definition) is 6. The number of rotatable bonds is 5. The standard InChI is InChI=1S/C22H31N5OS.2ClH/c28-21(7-3-5-19-17-12-16(14-24-19)13-23-15-17)26-8-10-27(11-9-26)22-18-4-1-2-6-20(18)29-25-22;;/h1-2,4,6,16-17,19,23-24H,3,5,7-15H2;2*1H/t16-,17+,19-;;/m0../s1. The number of amides is 1. The van der Waals surface area contributed by atoms with E-state index >= 15 is 0 Å². The van der Waals surface area contributed by atoms with Gasteiger partial charge in [0.05, 0.1) is 4.70 Å². The van der Waals surface area contributed by atoms with Crippen molar-refractivity contribution in [2.24, 2.45) is 11.8 Å². The summed E-state index contributed by atoms with van der Waals surface area (Å²) in [5.74, 6) is 2.95. The fraction of sp³-hybridized carbons (Fsp3) is 0.636. The Balaban J connectivity index is 0.00000136. The highest BCUT2D eigenvalue weighted by Gasteiger charge is 2.32. The van der Waals surface area contributed by atoms with Gasteiger partial charge in [-0.1, -0.05) is 12.1 Å². The van der Waals surface area contributed by atoms with Crippen molar-refractivity contribution in [3.63, 3.8) is 0 Å². The summed E-state index contributed by atoms with van der Waals surface area (Å²) in [5, 5.41) is 8.54. The highest BCUT2D eigenvalue weighted by atomic mass is 35.5. The van der Waals surface area contributed by atoms with Crippen LogP contribution in [0.1, 0.15) is 25.7 Å². The highest BCUT2D eigenvalue weighted by molar-refractivity contribution is 7.13. The lowest BCUT2D eigenvalue weighted by Crippen LogP contribution is -2.54. The van der Waals surface area contributed by atoms with E-state index in [1.54, 1.807) is 11.5 Å². The summed E-state index contributed by atoms with van der Waals surface area (Å²) in [4.78, 5) is 17.1. The predicted octanol–water partition coefficient (Wildman–Crippen LogP) is 3.16. The normalized spacial score (nSPS) is 25.6. The molecule has 4 heterocycles. The average Bonchev–Trinajstić information content (AvgIpc) is 3.20. The quantitative estimate of drug-likeness (QED) is 0.680. The molecule has 0 aliphatic carbocycles. The number of fused-ring (bicyclic) bond motifs is 3. The van der Waals surface area contributed by atoms with Crippen LogP contribution in [0.4, 0.5) is 5.82 Å². The number of aromatic nitrogens is 1. The Hall–Kier alpha value is -1.12. The zero-order valence-corrected chi connectivity index (χ0v) is 20.2. The van der Waals surface area contributed by atoms with Gasteiger partial charge in [0.25, 0.3) is 0 Å². The van der Waals surface area contributed by atoms with Gasteiger partial charge in [0.15, 0.2) is 0 Å². The van der Waals surface area contributed by atoms with Crippen molar-refractivity contribution in [3.05, 3.63) is 24.3 Å². The number of nitrogens with one attached hydrogen (secondary N) is 2. The van der Waals surface area contributed by atoms with Crippen LogP contribution >= 0.6 is 36.3 Å². The minimum atomic E-state index is 0. The molecule has 1 amide bonds. The van der Waals surface area contributed by atoms with Crippen LogP contribution < -0.4 is 15.5 Å². The molecular formula is C22H33Cl2N5OS. The maximum Gasteiger partial charge on any atom is 0.222 e. The van der Waals surface area contributed by atoms with E-state index in [9.17, 15) is 4.79 Å². The van der Waals surface area contributed by atoms with E-state index in [1.807, 2.05) is 0 Å². The number of benzene rings is 1. The molecule has 3 aliphatic heterocycles. The molecule has 0 radical (unpaired) electrons. The topological polar surface area (TPSA) is 60.5 Å². The number of carbonyl (C=O) groups excluding carboxylic acids is 1. The molecule has 3 aliphatic rings. The highest BCUT2D eigenvalue weighted by Crippen LogP contribution is 2.30. The van der Waals surface area contributed by atoms with Gasteiger partial charge >= 0.3 is 0 Å². The molecule has 2 bridgehead atoms. The summed E-state index contributed by atoms with van der Waals surface area (Å²) < 4.78 is 5.90. The molecule has 1 aromatic heterocycles. The van der Waals surface area contributed by atoms with Crippen LogP contribution in [0.3, 0.4) is 0 Å². The predicted molar refractivity (Wildman–Crippen MR) is 133 cm³/mol. The molecule has 172 valence electrons. The van der Waals surface area contributed by atoms with Crippen molar-refractivity contribution >= 4 is 58.2 Å². The summed E-state index contributed by atoms with van der Waals surface area (Å²) in [7, 11) is 0. The minimum absolute atomic E-state index is 0. The fourth-order valence-electron chi connectivity index (χ4n) is 5.25. The minimum Gasteiger partial charge on any atom is -0.352 e. The Kier molecular flexibility index (Phi) is 8.82. The Morgan fingerprint density at radius 3 is 2.74 bits per heavy atom. The molecule has 1 aromatic carbocycles. The van der Waals surface area contributed by atoms with Gasteiger partial charge in [0, 0.05) is 44.0 Å². The molecule has 2 aromatic rings. The van der Waals surface area contributed by atoms with Gasteiger partial charge in [0.2, 0.25) is 5.91 Å². The third-order valence-electron chi connectivity index (χ3n) is 6.91. The number of anilines is 1. The van der Waals surface area contributed by atoms with Gasteiger partial charge < -0.3 is 20.4 Å².